The number of alkyl halides is 3. The summed E-state index contributed by atoms with van der Waals surface area (Å²) in [5, 5.41) is 10.3. The van der Waals surface area contributed by atoms with Gasteiger partial charge in [0.15, 0.2) is 0 Å². The quantitative estimate of drug-likeness (QED) is 0.915. The molecular formula is C15H15F3O2. The molecular weight excluding hydrogens is 269 g/mol. The third kappa shape index (κ3) is 3.04. The Labute approximate surface area is 115 Å². The van der Waals surface area contributed by atoms with Gasteiger partial charge in [0, 0.05) is 5.57 Å². The minimum absolute atomic E-state index is 0.292. The number of aliphatic hydroxyl groups is 1. The number of methoxy groups -OCH3 is 1. The van der Waals surface area contributed by atoms with Crippen LogP contribution in [0.3, 0.4) is 0 Å². The molecule has 0 spiro atoms. The van der Waals surface area contributed by atoms with Gasteiger partial charge in [0.05, 0.1) is 19.1 Å². The summed E-state index contributed by atoms with van der Waals surface area (Å²) in [7, 11) is 1.39. The van der Waals surface area contributed by atoms with E-state index in [9.17, 15) is 18.3 Å². The van der Waals surface area contributed by atoms with Crippen molar-refractivity contribution in [3.8, 4) is 0 Å². The summed E-state index contributed by atoms with van der Waals surface area (Å²) >= 11 is 0. The third-order valence-electron chi connectivity index (χ3n) is 3.38. The van der Waals surface area contributed by atoms with Crippen LogP contribution in [0.4, 0.5) is 13.2 Å². The fraction of sp³-hybridized carbons (Fsp3) is 0.333. The van der Waals surface area contributed by atoms with Gasteiger partial charge in [-0.3, -0.25) is 0 Å². The summed E-state index contributed by atoms with van der Waals surface area (Å²) in [6.45, 7) is 0. The molecule has 1 aliphatic carbocycles. The summed E-state index contributed by atoms with van der Waals surface area (Å²) in [5.74, 6) is -0.377. The van der Waals surface area contributed by atoms with E-state index in [0.29, 0.717) is 11.3 Å². The van der Waals surface area contributed by atoms with Crippen LogP contribution in [0.5, 0.6) is 0 Å². The molecule has 2 unspecified atom stereocenters. The van der Waals surface area contributed by atoms with Crippen LogP contribution in [0.2, 0.25) is 0 Å². The number of halogens is 3. The fourth-order valence-electron chi connectivity index (χ4n) is 2.29. The standard InChI is InChI=1S/C15H15F3O2/c1-20-13-8-7-11(15(16,17)18)9-12(13)14(19)10-5-3-2-4-6-10/h2-8,12,14,19H,9H2,1H3. The van der Waals surface area contributed by atoms with Crippen molar-refractivity contribution >= 4 is 0 Å². The van der Waals surface area contributed by atoms with Gasteiger partial charge in [-0.2, -0.15) is 13.2 Å². The average Bonchev–Trinajstić information content (AvgIpc) is 2.45. The molecule has 1 aliphatic rings. The van der Waals surface area contributed by atoms with E-state index < -0.39 is 23.8 Å². The second-order valence-corrected chi connectivity index (χ2v) is 4.63. The lowest BCUT2D eigenvalue weighted by molar-refractivity contribution is -0.0973. The lowest BCUT2D eigenvalue weighted by atomic mass is 9.85. The molecule has 0 saturated heterocycles. The van der Waals surface area contributed by atoms with Gasteiger partial charge in [-0.15, -0.1) is 0 Å². The lowest BCUT2D eigenvalue weighted by Gasteiger charge is -2.29. The zero-order chi connectivity index (χ0) is 14.8. The molecule has 0 bridgehead atoms. The molecule has 20 heavy (non-hydrogen) atoms. The van der Waals surface area contributed by atoms with Crippen LogP contribution in [0.15, 0.2) is 53.8 Å². The van der Waals surface area contributed by atoms with E-state index in [1.807, 2.05) is 0 Å². The van der Waals surface area contributed by atoms with Gasteiger partial charge in [-0.25, -0.2) is 0 Å². The minimum atomic E-state index is -4.38. The Morgan fingerprint density at radius 3 is 2.40 bits per heavy atom. The SMILES string of the molecule is COC1=CC=C(C(F)(F)F)CC1C(O)c1ccccc1. The number of rotatable bonds is 3. The minimum Gasteiger partial charge on any atom is -0.501 e. The maximum atomic E-state index is 12.8. The van der Waals surface area contributed by atoms with Crippen LogP contribution in [0.25, 0.3) is 0 Å². The number of ether oxygens (including phenoxy) is 1. The van der Waals surface area contributed by atoms with Crippen molar-refractivity contribution in [3.05, 3.63) is 59.4 Å². The topological polar surface area (TPSA) is 29.5 Å². The Hall–Kier alpha value is -1.75. The highest BCUT2D eigenvalue weighted by molar-refractivity contribution is 5.30. The third-order valence-corrected chi connectivity index (χ3v) is 3.38. The largest absolute Gasteiger partial charge is 0.501 e. The van der Waals surface area contributed by atoms with Crippen molar-refractivity contribution in [2.75, 3.05) is 7.11 Å². The molecule has 0 saturated carbocycles. The van der Waals surface area contributed by atoms with Crippen LogP contribution >= 0.6 is 0 Å². The first-order chi connectivity index (χ1) is 9.43. The monoisotopic (exact) mass is 284 g/mol. The Bertz CT molecular complexity index is 518. The van der Waals surface area contributed by atoms with E-state index in [2.05, 4.69) is 0 Å². The number of benzene rings is 1. The van der Waals surface area contributed by atoms with Crippen molar-refractivity contribution in [3.63, 3.8) is 0 Å². The molecule has 0 aliphatic heterocycles. The van der Waals surface area contributed by atoms with Gasteiger partial charge in [-0.1, -0.05) is 36.4 Å². The maximum Gasteiger partial charge on any atom is 0.412 e. The van der Waals surface area contributed by atoms with Gasteiger partial charge < -0.3 is 9.84 Å². The van der Waals surface area contributed by atoms with Gasteiger partial charge in [0.1, 0.15) is 5.76 Å². The summed E-state index contributed by atoms with van der Waals surface area (Å²) in [5.41, 5.74) is -0.0813. The highest BCUT2D eigenvalue weighted by Gasteiger charge is 2.39. The number of hydrogen-bond donors (Lipinski definition) is 1. The molecule has 0 heterocycles. The average molecular weight is 284 g/mol. The Kier molecular flexibility index (Phi) is 4.18. The Morgan fingerprint density at radius 1 is 1.20 bits per heavy atom. The van der Waals surface area contributed by atoms with E-state index in [1.165, 1.54) is 13.2 Å². The molecule has 1 aromatic rings. The van der Waals surface area contributed by atoms with Gasteiger partial charge in [0.2, 0.25) is 0 Å². The van der Waals surface area contributed by atoms with E-state index in [4.69, 9.17) is 4.74 Å². The van der Waals surface area contributed by atoms with Crippen molar-refractivity contribution < 1.29 is 23.0 Å². The Balaban J connectivity index is 2.28. The first-order valence-corrected chi connectivity index (χ1v) is 6.18. The highest BCUT2D eigenvalue weighted by Crippen LogP contribution is 2.41. The smallest absolute Gasteiger partial charge is 0.412 e. The second-order valence-electron chi connectivity index (χ2n) is 4.63. The molecule has 0 radical (unpaired) electrons. The second kappa shape index (κ2) is 5.71. The van der Waals surface area contributed by atoms with E-state index >= 15 is 0 Å². The van der Waals surface area contributed by atoms with Crippen LogP contribution < -0.4 is 0 Å². The molecule has 0 amide bonds. The maximum absolute atomic E-state index is 12.8. The molecule has 1 aromatic carbocycles. The normalized spacial score (nSPS) is 20.9. The van der Waals surface area contributed by atoms with E-state index in [1.54, 1.807) is 30.3 Å². The number of allylic oxidation sites excluding steroid dienone is 3. The van der Waals surface area contributed by atoms with E-state index in [-0.39, 0.29) is 6.42 Å². The molecule has 0 aromatic heterocycles. The van der Waals surface area contributed by atoms with E-state index in [0.717, 1.165) is 6.08 Å². The summed E-state index contributed by atoms with van der Waals surface area (Å²) in [6.07, 6.45) is -3.42. The van der Waals surface area contributed by atoms with Gasteiger partial charge in [-0.05, 0) is 18.1 Å². The van der Waals surface area contributed by atoms with Crippen molar-refractivity contribution in [2.24, 2.45) is 5.92 Å². The zero-order valence-electron chi connectivity index (χ0n) is 10.9. The van der Waals surface area contributed by atoms with Gasteiger partial charge >= 0.3 is 6.18 Å². The van der Waals surface area contributed by atoms with Crippen molar-refractivity contribution in [1.82, 2.24) is 0 Å². The molecule has 2 rings (SSSR count). The predicted octanol–water partition coefficient (Wildman–Crippen LogP) is 3.76. The van der Waals surface area contributed by atoms with Crippen molar-refractivity contribution in [2.45, 2.75) is 18.7 Å². The molecule has 1 N–H and O–H groups in total. The summed E-state index contributed by atoms with van der Waals surface area (Å²) < 4.78 is 43.5. The van der Waals surface area contributed by atoms with Crippen LogP contribution in [0.1, 0.15) is 18.1 Å². The zero-order valence-corrected chi connectivity index (χ0v) is 10.9. The van der Waals surface area contributed by atoms with Crippen LogP contribution in [0, 0.1) is 5.92 Å². The first kappa shape index (κ1) is 14.7. The highest BCUT2D eigenvalue weighted by atomic mass is 19.4. The van der Waals surface area contributed by atoms with Crippen LogP contribution in [-0.2, 0) is 4.74 Å². The molecule has 0 fully saturated rings. The first-order valence-electron chi connectivity index (χ1n) is 6.18. The molecule has 108 valence electrons. The molecule has 2 atom stereocenters. The fourth-order valence-corrected chi connectivity index (χ4v) is 2.29. The number of aliphatic hydroxyl groups excluding tert-OH is 1. The molecule has 5 heteroatoms. The van der Waals surface area contributed by atoms with Crippen LogP contribution in [-0.4, -0.2) is 18.4 Å². The predicted molar refractivity (Wildman–Crippen MR) is 68.7 cm³/mol. The van der Waals surface area contributed by atoms with Crippen molar-refractivity contribution in [1.29, 1.82) is 0 Å². The number of hydrogen-bond acceptors (Lipinski definition) is 2. The summed E-state index contributed by atoms with van der Waals surface area (Å²) in [6, 6.07) is 8.62. The summed E-state index contributed by atoms with van der Waals surface area (Å²) in [4.78, 5) is 0. The van der Waals surface area contributed by atoms with Gasteiger partial charge in [0.25, 0.3) is 0 Å². The molecule has 2 nitrogen and oxygen atoms in total. The lowest BCUT2D eigenvalue weighted by Crippen LogP contribution is -2.24. The Morgan fingerprint density at radius 2 is 1.85 bits per heavy atom.